The van der Waals surface area contributed by atoms with Crippen LogP contribution in [0.5, 0.6) is 0 Å². The summed E-state index contributed by atoms with van der Waals surface area (Å²) in [6.07, 6.45) is 6.87. The molecule has 0 bridgehead atoms. The van der Waals surface area contributed by atoms with E-state index >= 15 is 0 Å². The molecule has 0 saturated carbocycles. The van der Waals surface area contributed by atoms with Gasteiger partial charge in [0.05, 0.1) is 4.90 Å². The number of sulfonamides is 1. The van der Waals surface area contributed by atoms with Crippen molar-refractivity contribution in [3.63, 3.8) is 0 Å². The molecule has 1 aromatic heterocycles. The van der Waals surface area contributed by atoms with E-state index in [4.69, 9.17) is 0 Å². The Morgan fingerprint density at radius 2 is 1.62 bits per heavy atom. The van der Waals surface area contributed by atoms with E-state index in [0.29, 0.717) is 17.4 Å². The monoisotopic (exact) mass is 499 g/mol. The fourth-order valence-corrected chi connectivity index (χ4v) is 5.95. The molecule has 3 aromatic rings. The second kappa shape index (κ2) is 12.5. The summed E-state index contributed by atoms with van der Waals surface area (Å²) in [6, 6.07) is 23.5. The van der Waals surface area contributed by atoms with Gasteiger partial charge in [0.15, 0.2) is 0 Å². The lowest BCUT2D eigenvalue weighted by Gasteiger charge is -2.33. The summed E-state index contributed by atoms with van der Waals surface area (Å²) in [4.78, 5) is 7.15. The molecule has 4 rings (SSSR count). The van der Waals surface area contributed by atoms with E-state index in [9.17, 15) is 8.42 Å². The highest BCUT2D eigenvalue weighted by Gasteiger charge is 2.26. The summed E-state index contributed by atoms with van der Waals surface area (Å²) >= 11 is 0. The SMILES string of the molecule is CN(CC(CCN1CCC(c2ccccc2)CC1)c1cccnc1)S(=O)(=O)c1ccccc1.Cl. The molecule has 2 aromatic carbocycles. The van der Waals surface area contributed by atoms with Crippen LogP contribution in [0.1, 0.15) is 42.2 Å². The highest BCUT2D eigenvalue weighted by atomic mass is 35.5. The Hall–Kier alpha value is -2.25. The van der Waals surface area contributed by atoms with E-state index in [1.165, 1.54) is 22.7 Å². The van der Waals surface area contributed by atoms with Gasteiger partial charge in [0, 0.05) is 31.9 Å². The van der Waals surface area contributed by atoms with Crippen molar-refractivity contribution in [2.24, 2.45) is 0 Å². The van der Waals surface area contributed by atoms with Crippen LogP contribution < -0.4 is 0 Å². The first-order valence-corrected chi connectivity index (χ1v) is 13.2. The van der Waals surface area contributed by atoms with E-state index in [1.54, 1.807) is 37.5 Å². The number of aromatic nitrogens is 1. The van der Waals surface area contributed by atoms with Gasteiger partial charge in [-0.2, -0.15) is 0 Å². The molecular weight excluding hydrogens is 466 g/mol. The van der Waals surface area contributed by atoms with E-state index in [1.807, 2.05) is 18.3 Å². The number of likely N-dealkylation sites (tertiary alicyclic amines) is 1. The third kappa shape index (κ3) is 6.66. The van der Waals surface area contributed by atoms with Crippen molar-refractivity contribution in [3.05, 3.63) is 96.3 Å². The summed E-state index contributed by atoms with van der Waals surface area (Å²) in [5, 5.41) is 0. The van der Waals surface area contributed by atoms with Gasteiger partial charge in [0.2, 0.25) is 10.0 Å². The van der Waals surface area contributed by atoms with Gasteiger partial charge in [0.1, 0.15) is 0 Å². The van der Waals surface area contributed by atoms with Crippen LogP contribution in [0.25, 0.3) is 0 Å². The standard InChI is InChI=1S/C27H33N3O2S.ClH/c1-29(33(31,32)27-12-6-3-7-13-27)22-26(25-11-8-17-28-21-25)16-20-30-18-14-24(15-19-30)23-9-4-2-5-10-23;/h2-13,17,21,24,26H,14-16,18-20,22H2,1H3;1H. The normalized spacial score (nSPS) is 16.2. The van der Waals surface area contributed by atoms with Crippen LogP contribution in [0.15, 0.2) is 90.1 Å². The van der Waals surface area contributed by atoms with Crippen molar-refractivity contribution in [2.75, 3.05) is 33.2 Å². The van der Waals surface area contributed by atoms with Crippen molar-refractivity contribution in [1.82, 2.24) is 14.2 Å². The number of halogens is 1. The van der Waals surface area contributed by atoms with Gasteiger partial charge in [-0.3, -0.25) is 4.98 Å². The summed E-state index contributed by atoms with van der Waals surface area (Å²) in [7, 11) is -1.85. The van der Waals surface area contributed by atoms with Crippen LogP contribution in [0.4, 0.5) is 0 Å². The summed E-state index contributed by atoms with van der Waals surface area (Å²) in [6.45, 7) is 3.55. The van der Waals surface area contributed by atoms with Gasteiger partial charge >= 0.3 is 0 Å². The molecule has 7 heteroatoms. The smallest absolute Gasteiger partial charge is 0.242 e. The minimum atomic E-state index is -3.52. The van der Waals surface area contributed by atoms with Crippen LogP contribution in [0, 0.1) is 0 Å². The van der Waals surface area contributed by atoms with Crippen molar-refractivity contribution < 1.29 is 8.42 Å². The van der Waals surface area contributed by atoms with Gasteiger partial charge in [-0.05, 0) is 74.1 Å². The maximum Gasteiger partial charge on any atom is 0.242 e. The predicted molar refractivity (Wildman–Crippen MR) is 140 cm³/mol. The number of rotatable bonds is 9. The average Bonchev–Trinajstić information content (AvgIpc) is 2.88. The third-order valence-corrected chi connectivity index (χ3v) is 8.57. The first kappa shape index (κ1) is 26.4. The Morgan fingerprint density at radius 1 is 0.971 bits per heavy atom. The molecule has 2 heterocycles. The molecule has 1 unspecified atom stereocenters. The average molecular weight is 500 g/mol. The molecule has 0 amide bonds. The molecule has 182 valence electrons. The largest absolute Gasteiger partial charge is 0.303 e. The lowest BCUT2D eigenvalue weighted by Crippen LogP contribution is -2.36. The highest BCUT2D eigenvalue weighted by Crippen LogP contribution is 2.29. The lowest BCUT2D eigenvalue weighted by molar-refractivity contribution is 0.203. The van der Waals surface area contributed by atoms with Gasteiger partial charge < -0.3 is 4.90 Å². The summed E-state index contributed by atoms with van der Waals surface area (Å²) < 4.78 is 27.6. The number of hydrogen-bond donors (Lipinski definition) is 0. The Bertz CT molecular complexity index is 1090. The van der Waals surface area contributed by atoms with Gasteiger partial charge in [-0.25, -0.2) is 12.7 Å². The third-order valence-electron chi connectivity index (χ3n) is 6.74. The number of hydrogen-bond acceptors (Lipinski definition) is 4. The number of likely N-dealkylation sites (N-methyl/N-ethyl adjacent to an activating group) is 1. The quantitative estimate of drug-likeness (QED) is 0.407. The minimum absolute atomic E-state index is 0. The molecule has 1 atom stereocenters. The number of piperidine rings is 1. The maximum atomic E-state index is 13.1. The van der Waals surface area contributed by atoms with Crippen LogP contribution in [-0.4, -0.2) is 55.8 Å². The maximum absolute atomic E-state index is 13.1. The van der Waals surface area contributed by atoms with Gasteiger partial charge in [-0.1, -0.05) is 54.6 Å². The summed E-state index contributed by atoms with van der Waals surface area (Å²) in [5.74, 6) is 0.729. The molecule has 0 aliphatic carbocycles. The zero-order chi connectivity index (χ0) is 23.1. The van der Waals surface area contributed by atoms with E-state index in [-0.39, 0.29) is 18.3 Å². The van der Waals surface area contributed by atoms with E-state index in [2.05, 4.69) is 46.3 Å². The molecule has 0 radical (unpaired) electrons. The summed E-state index contributed by atoms with van der Waals surface area (Å²) in [5.41, 5.74) is 2.53. The Balaban J connectivity index is 0.00000324. The molecule has 1 saturated heterocycles. The molecule has 34 heavy (non-hydrogen) atoms. The predicted octanol–water partition coefficient (Wildman–Crippen LogP) is 5.18. The van der Waals surface area contributed by atoms with Crippen molar-refractivity contribution in [1.29, 1.82) is 0 Å². The first-order valence-electron chi connectivity index (χ1n) is 11.7. The van der Waals surface area contributed by atoms with Crippen LogP contribution in [0.2, 0.25) is 0 Å². The zero-order valence-corrected chi connectivity index (χ0v) is 21.3. The molecule has 0 N–H and O–H groups in total. The van der Waals surface area contributed by atoms with Gasteiger partial charge in [0.25, 0.3) is 0 Å². The van der Waals surface area contributed by atoms with Crippen LogP contribution in [0.3, 0.4) is 0 Å². The van der Waals surface area contributed by atoms with Crippen molar-refractivity contribution in [3.8, 4) is 0 Å². The molecule has 5 nitrogen and oxygen atoms in total. The van der Waals surface area contributed by atoms with Crippen LogP contribution >= 0.6 is 12.4 Å². The minimum Gasteiger partial charge on any atom is -0.303 e. The molecule has 1 aliphatic rings. The fourth-order valence-electron chi connectivity index (χ4n) is 4.72. The highest BCUT2D eigenvalue weighted by molar-refractivity contribution is 7.89. The molecular formula is C27H34ClN3O2S. The van der Waals surface area contributed by atoms with Crippen molar-refractivity contribution in [2.45, 2.75) is 36.0 Å². The fraction of sp³-hybridized carbons (Fsp3) is 0.370. The topological polar surface area (TPSA) is 53.5 Å². The Labute approximate surface area is 210 Å². The van der Waals surface area contributed by atoms with Gasteiger partial charge in [-0.15, -0.1) is 12.4 Å². The number of pyridine rings is 1. The second-order valence-electron chi connectivity index (χ2n) is 8.90. The zero-order valence-electron chi connectivity index (χ0n) is 19.7. The number of benzene rings is 2. The molecule has 0 spiro atoms. The van der Waals surface area contributed by atoms with E-state index < -0.39 is 10.0 Å². The van der Waals surface area contributed by atoms with Crippen molar-refractivity contribution >= 4 is 22.4 Å². The first-order chi connectivity index (χ1) is 16.0. The number of nitrogens with zero attached hydrogens (tertiary/aromatic N) is 3. The molecule has 1 aliphatic heterocycles. The van der Waals surface area contributed by atoms with Crippen LogP contribution in [-0.2, 0) is 10.0 Å². The lowest BCUT2D eigenvalue weighted by atomic mass is 9.89. The van der Waals surface area contributed by atoms with E-state index in [0.717, 1.165) is 31.6 Å². The Kier molecular flexibility index (Phi) is 9.65. The Morgan fingerprint density at radius 3 is 2.24 bits per heavy atom. The molecule has 1 fully saturated rings. The second-order valence-corrected chi connectivity index (χ2v) is 10.9.